The molecule has 0 N–H and O–H groups in total. The molecule has 0 radical (unpaired) electrons. The van der Waals surface area contributed by atoms with Gasteiger partial charge >= 0.3 is 0 Å². The van der Waals surface area contributed by atoms with Gasteiger partial charge in [0, 0.05) is 0 Å². The Morgan fingerprint density at radius 1 is 1.12 bits per heavy atom. The van der Waals surface area contributed by atoms with E-state index in [2.05, 4.69) is 54.2 Å². The van der Waals surface area contributed by atoms with Crippen LogP contribution in [0.1, 0.15) is 60.8 Å². The van der Waals surface area contributed by atoms with Crippen LogP contribution >= 0.6 is 0 Å². The van der Waals surface area contributed by atoms with Gasteiger partial charge in [0.1, 0.15) is 0 Å². The first-order valence-electron chi connectivity index (χ1n) is 6.76. The average Bonchev–Trinajstić information content (AvgIpc) is 2.24. The lowest BCUT2D eigenvalue weighted by atomic mass is 9.88. The standard InChI is InChI=1S/C16H30/c1-8-13(4)11-15(6)16(7)14(5)10-9-12(2)3/h11-14H,7-10H2,1-6H3. The summed E-state index contributed by atoms with van der Waals surface area (Å²) in [6.45, 7) is 17.9. The Hall–Kier alpha value is -0.520. The number of hydrogen-bond acceptors (Lipinski definition) is 0. The van der Waals surface area contributed by atoms with E-state index >= 15 is 0 Å². The molecule has 0 amide bonds. The summed E-state index contributed by atoms with van der Waals surface area (Å²) in [4.78, 5) is 0. The van der Waals surface area contributed by atoms with Crippen molar-refractivity contribution in [2.24, 2.45) is 17.8 Å². The highest BCUT2D eigenvalue weighted by Crippen LogP contribution is 2.24. The maximum absolute atomic E-state index is 4.25. The first kappa shape index (κ1) is 15.5. The number of hydrogen-bond donors (Lipinski definition) is 0. The average molecular weight is 222 g/mol. The van der Waals surface area contributed by atoms with Crippen LogP contribution in [0.15, 0.2) is 23.8 Å². The van der Waals surface area contributed by atoms with E-state index < -0.39 is 0 Å². The lowest BCUT2D eigenvalue weighted by molar-refractivity contribution is 0.491. The molecule has 0 aliphatic heterocycles. The van der Waals surface area contributed by atoms with E-state index in [1.165, 1.54) is 30.4 Å². The summed E-state index contributed by atoms with van der Waals surface area (Å²) >= 11 is 0. The van der Waals surface area contributed by atoms with Gasteiger partial charge in [-0.05, 0) is 36.7 Å². The molecule has 0 bridgehead atoms. The Kier molecular flexibility index (Phi) is 7.45. The summed E-state index contributed by atoms with van der Waals surface area (Å²) < 4.78 is 0. The molecular formula is C16H30. The zero-order valence-corrected chi connectivity index (χ0v) is 12.1. The van der Waals surface area contributed by atoms with E-state index in [1.807, 2.05) is 0 Å². The molecule has 0 spiro atoms. The van der Waals surface area contributed by atoms with E-state index in [1.54, 1.807) is 0 Å². The van der Waals surface area contributed by atoms with Crippen molar-refractivity contribution in [1.82, 2.24) is 0 Å². The lowest BCUT2D eigenvalue weighted by Crippen LogP contribution is -2.03. The zero-order valence-electron chi connectivity index (χ0n) is 12.1. The van der Waals surface area contributed by atoms with Gasteiger partial charge in [-0.2, -0.15) is 0 Å². The van der Waals surface area contributed by atoms with Gasteiger partial charge in [-0.1, -0.05) is 65.7 Å². The Labute approximate surface area is 103 Å². The highest BCUT2D eigenvalue weighted by Gasteiger charge is 2.09. The van der Waals surface area contributed by atoms with Gasteiger partial charge in [-0.25, -0.2) is 0 Å². The van der Waals surface area contributed by atoms with Crippen molar-refractivity contribution in [2.75, 3.05) is 0 Å². The van der Waals surface area contributed by atoms with Crippen LogP contribution in [0.25, 0.3) is 0 Å². The van der Waals surface area contributed by atoms with Gasteiger partial charge < -0.3 is 0 Å². The van der Waals surface area contributed by atoms with E-state index in [0.29, 0.717) is 11.8 Å². The molecule has 0 fully saturated rings. The largest absolute Gasteiger partial charge is 0.0953 e. The molecule has 0 aromatic carbocycles. The van der Waals surface area contributed by atoms with E-state index in [-0.39, 0.29) is 0 Å². The molecule has 94 valence electrons. The minimum Gasteiger partial charge on any atom is -0.0953 e. The molecule has 0 saturated carbocycles. The van der Waals surface area contributed by atoms with Crippen LogP contribution in [0.2, 0.25) is 0 Å². The van der Waals surface area contributed by atoms with Crippen LogP contribution in [-0.4, -0.2) is 0 Å². The van der Waals surface area contributed by atoms with E-state index in [0.717, 1.165) is 5.92 Å². The van der Waals surface area contributed by atoms with Crippen LogP contribution < -0.4 is 0 Å². The molecule has 2 unspecified atom stereocenters. The van der Waals surface area contributed by atoms with Gasteiger partial charge in [0.15, 0.2) is 0 Å². The molecule has 0 rings (SSSR count). The quantitative estimate of drug-likeness (QED) is 0.491. The van der Waals surface area contributed by atoms with Crippen molar-refractivity contribution in [3.05, 3.63) is 23.8 Å². The zero-order chi connectivity index (χ0) is 12.7. The fourth-order valence-electron chi connectivity index (χ4n) is 1.80. The molecule has 0 aromatic rings. The first-order chi connectivity index (χ1) is 7.38. The van der Waals surface area contributed by atoms with Crippen LogP contribution in [-0.2, 0) is 0 Å². The fourth-order valence-corrected chi connectivity index (χ4v) is 1.80. The van der Waals surface area contributed by atoms with E-state index in [9.17, 15) is 0 Å². The third-order valence-electron chi connectivity index (χ3n) is 3.46. The Morgan fingerprint density at radius 2 is 1.69 bits per heavy atom. The predicted molar refractivity (Wildman–Crippen MR) is 75.6 cm³/mol. The fraction of sp³-hybridized carbons (Fsp3) is 0.750. The van der Waals surface area contributed by atoms with Crippen LogP contribution in [0, 0.1) is 17.8 Å². The second kappa shape index (κ2) is 7.70. The topological polar surface area (TPSA) is 0 Å². The molecule has 0 aliphatic rings. The van der Waals surface area contributed by atoms with Gasteiger partial charge in [-0.3, -0.25) is 0 Å². The lowest BCUT2D eigenvalue weighted by Gasteiger charge is -2.17. The monoisotopic (exact) mass is 222 g/mol. The van der Waals surface area contributed by atoms with Crippen molar-refractivity contribution >= 4 is 0 Å². The molecule has 0 aliphatic carbocycles. The number of rotatable bonds is 7. The minimum absolute atomic E-state index is 0.628. The maximum Gasteiger partial charge on any atom is -0.0194 e. The third-order valence-corrected chi connectivity index (χ3v) is 3.46. The summed E-state index contributed by atoms with van der Waals surface area (Å²) in [7, 11) is 0. The molecule has 0 heterocycles. The summed E-state index contributed by atoms with van der Waals surface area (Å²) in [6, 6.07) is 0. The molecule has 0 saturated heterocycles. The molecule has 2 atom stereocenters. The van der Waals surface area contributed by atoms with Gasteiger partial charge in [0.2, 0.25) is 0 Å². The van der Waals surface area contributed by atoms with Crippen molar-refractivity contribution in [1.29, 1.82) is 0 Å². The second-order valence-electron chi connectivity index (χ2n) is 5.63. The summed E-state index contributed by atoms with van der Waals surface area (Å²) in [6.07, 6.45) is 6.15. The second-order valence-corrected chi connectivity index (χ2v) is 5.63. The first-order valence-corrected chi connectivity index (χ1v) is 6.76. The van der Waals surface area contributed by atoms with E-state index in [4.69, 9.17) is 0 Å². The van der Waals surface area contributed by atoms with Crippen molar-refractivity contribution in [2.45, 2.75) is 60.8 Å². The minimum atomic E-state index is 0.628. The highest BCUT2D eigenvalue weighted by molar-refractivity contribution is 5.28. The van der Waals surface area contributed by atoms with Crippen molar-refractivity contribution < 1.29 is 0 Å². The van der Waals surface area contributed by atoms with Gasteiger partial charge in [-0.15, -0.1) is 0 Å². The smallest absolute Gasteiger partial charge is 0.0194 e. The molecule has 0 nitrogen and oxygen atoms in total. The third kappa shape index (κ3) is 6.15. The molecule has 0 heteroatoms. The van der Waals surface area contributed by atoms with Gasteiger partial charge in [0.05, 0.1) is 0 Å². The van der Waals surface area contributed by atoms with Crippen LogP contribution in [0.3, 0.4) is 0 Å². The Balaban J connectivity index is 4.26. The Bertz CT molecular complexity index is 232. The maximum atomic E-state index is 4.25. The van der Waals surface area contributed by atoms with Gasteiger partial charge in [0.25, 0.3) is 0 Å². The normalized spacial score (nSPS) is 16.3. The van der Waals surface area contributed by atoms with Crippen molar-refractivity contribution in [3.63, 3.8) is 0 Å². The molecular weight excluding hydrogens is 192 g/mol. The van der Waals surface area contributed by atoms with Crippen molar-refractivity contribution in [3.8, 4) is 0 Å². The van der Waals surface area contributed by atoms with Crippen LogP contribution in [0.5, 0.6) is 0 Å². The van der Waals surface area contributed by atoms with Crippen LogP contribution in [0.4, 0.5) is 0 Å². The number of allylic oxidation sites excluding steroid dienone is 3. The molecule has 0 aromatic heterocycles. The summed E-state index contributed by atoms with van der Waals surface area (Å²) in [5.74, 6) is 2.10. The molecule has 16 heavy (non-hydrogen) atoms. The SMILES string of the molecule is C=C(C(C)=CC(C)CC)C(C)CCC(C)C. The highest BCUT2D eigenvalue weighted by atomic mass is 14.1. The Morgan fingerprint density at radius 3 is 2.12 bits per heavy atom. The predicted octanol–water partition coefficient (Wildman–Crippen LogP) is 5.61. The summed E-state index contributed by atoms with van der Waals surface area (Å²) in [5.41, 5.74) is 2.73. The summed E-state index contributed by atoms with van der Waals surface area (Å²) in [5, 5.41) is 0.